The van der Waals surface area contributed by atoms with E-state index in [0.29, 0.717) is 11.9 Å². The molecular formula is C17H30N2O2. The van der Waals surface area contributed by atoms with Crippen LogP contribution in [0.4, 0.5) is 0 Å². The molecule has 3 atom stereocenters. The highest BCUT2D eigenvalue weighted by Crippen LogP contribution is 2.34. The van der Waals surface area contributed by atoms with Crippen molar-refractivity contribution in [2.75, 3.05) is 19.6 Å². The van der Waals surface area contributed by atoms with Gasteiger partial charge in [-0.2, -0.15) is 0 Å². The van der Waals surface area contributed by atoms with Gasteiger partial charge in [-0.05, 0) is 56.9 Å². The molecule has 3 saturated heterocycles. The summed E-state index contributed by atoms with van der Waals surface area (Å²) in [5, 5.41) is 10.0. The fraction of sp³-hybridized carbons (Fsp3) is 0.941. The number of carbonyl (C=O) groups is 1. The molecule has 4 nitrogen and oxygen atoms in total. The van der Waals surface area contributed by atoms with Gasteiger partial charge in [0.15, 0.2) is 0 Å². The van der Waals surface area contributed by atoms with Gasteiger partial charge in [-0.1, -0.05) is 13.8 Å². The lowest BCUT2D eigenvalue weighted by Gasteiger charge is -2.40. The van der Waals surface area contributed by atoms with Crippen molar-refractivity contribution in [1.29, 1.82) is 0 Å². The number of piperidine rings is 1. The Labute approximate surface area is 128 Å². The van der Waals surface area contributed by atoms with Crippen LogP contribution < -0.4 is 0 Å². The lowest BCUT2D eigenvalue weighted by Crippen LogP contribution is -2.53. The van der Waals surface area contributed by atoms with E-state index in [1.165, 1.54) is 25.7 Å². The molecule has 3 aliphatic rings. The molecule has 1 N–H and O–H groups in total. The van der Waals surface area contributed by atoms with Crippen molar-refractivity contribution in [3.8, 4) is 0 Å². The molecule has 1 amide bonds. The van der Waals surface area contributed by atoms with Gasteiger partial charge in [0.2, 0.25) is 5.91 Å². The quantitative estimate of drug-likeness (QED) is 0.804. The maximum atomic E-state index is 13.0. The van der Waals surface area contributed by atoms with Crippen LogP contribution in [0.15, 0.2) is 0 Å². The van der Waals surface area contributed by atoms with Gasteiger partial charge < -0.3 is 10.0 Å². The highest BCUT2D eigenvalue weighted by Gasteiger charge is 2.41. The van der Waals surface area contributed by atoms with Crippen molar-refractivity contribution in [2.45, 2.75) is 77.0 Å². The fourth-order valence-corrected chi connectivity index (χ4v) is 4.66. The number of aliphatic hydroxyl groups is 1. The van der Waals surface area contributed by atoms with Crippen molar-refractivity contribution in [2.24, 2.45) is 5.41 Å². The van der Waals surface area contributed by atoms with Gasteiger partial charge >= 0.3 is 0 Å². The summed E-state index contributed by atoms with van der Waals surface area (Å²) >= 11 is 0. The molecule has 0 spiro atoms. The van der Waals surface area contributed by atoms with Gasteiger partial charge in [0.1, 0.15) is 0 Å². The third-order valence-corrected chi connectivity index (χ3v) is 5.57. The molecule has 0 bridgehead atoms. The Hall–Kier alpha value is -0.610. The number of amides is 1. The van der Waals surface area contributed by atoms with Gasteiger partial charge in [-0.3, -0.25) is 9.69 Å². The number of fused-ring (bicyclic) bond motifs is 1. The molecule has 0 aromatic rings. The fourth-order valence-electron chi connectivity index (χ4n) is 4.66. The molecule has 3 unspecified atom stereocenters. The summed E-state index contributed by atoms with van der Waals surface area (Å²) < 4.78 is 0. The van der Waals surface area contributed by atoms with Gasteiger partial charge in [-0.25, -0.2) is 0 Å². The van der Waals surface area contributed by atoms with Crippen molar-refractivity contribution >= 4 is 5.91 Å². The van der Waals surface area contributed by atoms with E-state index in [9.17, 15) is 9.90 Å². The Morgan fingerprint density at radius 3 is 2.67 bits per heavy atom. The van der Waals surface area contributed by atoms with E-state index in [1.807, 2.05) is 4.90 Å². The minimum absolute atomic E-state index is 0.0185. The van der Waals surface area contributed by atoms with E-state index in [0.717, 1.165) is 38.9 Å². The lowest BCUT2D eigenvalue weighted by molar-refractivity contribution is -0.140. The molecule has 0 aliphatic carbocycles. The zero-order valence-corrected chi connectivity index (χ0v) is 13.6. The molecule has 21 heavy (non-hydrogen) atoms. The zero-order valence-electron chi connectivity index (χ0n) is 13.6. The average molecular weight is 294 g/mol. The maximum absolute atomic E-state index is 13.0. The highest BCUT2D eigenvalue weighted by molar-refractivity contribution is 5.82. The summed E-state index contributed by atoms with van der Waals surface area (Å²) in [6.45, 7) is 6.94. The van der Waals surface area contributed by atoms with Gasteiger partial charge in [0, 0.05) is 19.1 Å². The Bertz CT molecular complexity index is 396. The van der Waals surface area contributed by atoms with Crippen LogP contribution >= 0.6 is 0 Å². The van der Waals surface area contributed by atoms with Crippen molar-refractivity contribution < 1.29 is 9.90 Å². The third-order valence-electron chi connectivity index (χ3n) is 5.57. The Morgan fingerprint density at radius 1 is 1.10 bits per heavy atom. The summed E-state index contributed by atoms with van der Waals surface area (Å²) in [6.07, 6.45) is 7.27. The SMILES string of the molecule is CC1(C)CC(O)CCN(C(=O)C2CCCC3CCCN32)C1. The number of rotatable bonds is 1. The number of hydrogen-bond acceptors (Lipinski definition) is 3. The first kappa shape index (κ1) is 15.3. The molecular weight excluding hydrogens is 264 g/mol. The summed E-state index contributed by atoms with van der Waals surface area (Å²) in [7, 11) is 0. The topological polar surface area (TPSA) is 43.8 Å². The molecule has 0 saturated carbocycles. The van der Waals surface area contributed by atoms with Crippen LogP contribution in [0.2, 0.25) is 0 Å². The van der Waals surface area contributed by atoms with Gasteiger partial charge in [0.25, 0.3) is 0 Å². The largest absolute Gasteiger partial charge is 0.393 e. The van der Waals surface area contributed by atoms with E-state index in [1.54, 1.807) is 0 Å². The summed E-state index contributed by atoms with van der Waals surface area (Å²) in [4.78, 5) is 17.6. The normalized spacial score (nSPS) is 37.1. The molecule has 3 heterocycles. The first-order chi connectivity index (χ1) is 9.96. The van der Waals surface area contributed by atoms with Crippen LogP contribution in [-0.4, -0.2) is 58.6 Å². The molecule has 3 fully saturated rings. The van der Waals surface area contributed by atoms with Crippen molar-refractivity contribution in [3.05, 3.63) is 0 Å². The number of hydrogen-bond donors (Lipinski definition) is 1. The van der Waals surface area contributed by atoms with E-state index in [2.05, 4.69) is 18.7 Å². The van der Waals surface area contributed by atoms with E-state index >= 15 is 0 Å². The summed E-state index contributed by atoms with van der Waals surface area (Å²) in [5.74, 6) is 0.323. The van der Waals surface area contributed by atoms with Crippen LogP contribution in [-0.2, 0) is 4.79 Å². The monoisotopic (exact) mass is 294 g/mol. The first-order valence-corrected chi connectivity index (χ1v) is 8.69. The Balaban J connectivity index is 1.71. The van der Waals surface area contributed by atoms with E-state index in [4.69, 9.17) is 0 Å². The molecule has 0 aromatic carbocycles. The molecule has 3 aliphatic heterocycles. The van der Waals surface area contributed by atoms with Gasteiger partial charge in [0.05, 0.1) is 12.1 Å². The van der Waals surface area contributed by atoms with Gasteiger partial charge in [-0.15, -0.1) is 0 Å². The standard InChI is InChI=1S/C17H30N2O2/c1-17(2)11-14(20)8-10-18(12-17)16(21)15-7-3-5-13-6-4-9-19(13)15/h13-15,20H,3-12H2,1-2H3. The maximum Gasteiger partial charge on any atom is 0.239 e. The van der Waals surface area contributed by atoms with Crippen LogP contribution in [0.3, 0.4) is 0 Å². The average Bonchev–Trinajstić information content (AvgIpc) is 2.84. The third kappa shape index (κ3) is 3.26. The second-order valence-electron chi connectivity index (χ2n) is 8.05. The lowest BCUT2D eigenvalue weighted by atomic mass is 9.86. The van der Waals surface area contributed by atoms with Crippen LogP contribution in [0.25, 0.3) is 0 Å². The summed E-state index contributed by atoms with van der Waals surface area (Å²) in [5.41, 5.74) is 0.0185. The van der Waals surface area contributed by atoms with E-state index < -0.39 is 0 Å². The second kappa shape index (κ2) is 5.88. The predicted molar refractivity (Wildman–Crippen MR) is 83.0 cm³/mol. The minimum Gasteiger partial charge on any atom is -0.393 e. The number of aliphatic hydroxyl groups excluding tert-OH is 1. The Morgan fingerprint density at radius 2 is 1.86 bits per heavy atom. The molecule has 4 heteroatoms. The molecule has 3 rings (SSSR count). The van der Waals surface area contributed by atoms with Crippen LogP contribution in [0.5, 0.6) is 0 Å². The predicted octanol–water partition coefficient (Wildman–Crippen LogP) is 2.01. The second-order valence-corrected chi connectivity index (χ2v) is 8.05. The van der Waals surface area contributed by atoms with Crippen LogP contribution in [0, 0.1) is 5.41 Å². The zero-order chi connectivity index (χ0) is 15.0. The van der Waals surface area contributed by atoms with E-state index in [-0.39, 0.29) is 17.6 Å². The molecule has 0 radical (unpaired) electrons. The number of likely N-dealkylation sites (tertiary alicyclic amines) is 1. The molecule has 120 valence electrons. The van der Waals surface area contributed by atoms with Crippen molar-refractivity contribution in [1.82, 2.24) is 9.80 Å². The first-order valence-electron chi connectivity index (χ1n) is 8.69. The smallest absolute Gasteiger partial charge is 0.239 e. The summed E-state index contributed by atoms with van der Waals surface area (Å²) in [6, 6.07) is 0.760. The van der Waals surface area contributed by atoms with Crippen LogP contribution in [0.1, 0.15) is 58.8 Å². The number of carbonyl (C=O) groups excluding carboxylic acids is 1. The van der Waals surface area contributed by atoms with Crippen molar-refractivity contribution in [3.63, 3.8) is 0 Å². The number of nitrogens with zero attached hydrogens (tertiary/aromatic N) is 2. The Kier molecular flexibility index (Phi) is 4.28. The minimum atomic E-state index is -0.260. The molecule has 0 aromatic heterocycles. The highest BCUT2D eigenvalue weighted by atomic mass is 16.3.